The first-order chi connectivity index (χ1) is 13.8. The second-order valence-corrected chi connectivity index (χ2v) is 8.19. The number of aryl methyl sites for hydroxylation is 1. The molecule has 0 spiro atoms. The highest BCUT2D eigenvalue weighted by atomic mass is 19.3. The molecule has 5 atom stereocenters. The number of nitrogens with one attached hydrogen (secondary N) is 1. The van der Waals surface area contributed by atoms with Gasteiger partial charge in [0.25, 0.3) is 5.92 Å². The third kappa shape index (κ3) is 4.58. The smallest absolute Gasteiger partial charge is 0.267 e. The number of amides is 1. The Morgan fingerprint density at radius 1 is 1.45 bits per heavy atom. The standard InChI is InChI=1S/C20H27F2N3O4/c1-12-3-2-5-24-14(12)9-23-10-16-18(27)19-15(29-16)7-13(28-19)8-17(26)25-6-4-20(21,22)11-25/h2-3,5,13,15-16,18-19,23,27H,4,6-11H2,1H3/t13-,15+,16+,18+,19-/m0/s1. The second kappa shape index (κ2) is 8.22. The van der Waals surface area contributed by atoms with Crippen molar-refractivity contribution in [2.45, 2.75) is 69.2 Å². The minimum atomic E-state index is -2.80. The second-order valence-electron chi connectivity index (χ2n) is 8.19. The molecule has 4 heterocycles. The summed E-state index contributed by atoms with van der Waals surface area (Å²) in [7, 11) is 0. The molecule has 2 N–H and O–H groups in total. The number of aliphatic hydroxyl groups is 1. The molecule has 3 saturated heterocycles. The lowest BCUT2D eigenvalue weighted by atomic mass is 10.1. The van der Waals surface area contributed by atoms with Crippen LogP contribution in [-0.4, -0.2) is 77.0 Å². The van der Waals surface area contributed by atoms with Crippen LogP contribution in [0.3, 0.4) is 0 Å². The number of carbonyl (C=O) groups excluding carboxylic acids is 1. The van der Waals surface area contributed by atoms with Crippen LogP contribution in [0.4, 0.5) is 8.78 Å². The fourth-order valence-electron chi connectivity index (χ4n) is 4.32. The molecule has 3 fully saturated rings. The number of carbonyl (C=O) groups is 1. The molecule has 3 aliphatic heterocycles. The Bertz CT molecular complexity index is 750. The van der Waals surface area contributed by atoms with Crippen LogP contribution in [-0.2, 0) is 20.8 Å². The molecule has 3 aliphatic rings. The number of aliphatic hydroxyl groups excluding tert-OH is 1. The summed E-state index contributed by atoms with van der Waals surface area (Å²) in [6.45, 7) is 2.59. The van der Waals surface area contributed by atoms with Gasteiger partial charge in [0, 0.05) is 38.7 Å². The lowest BCUT2D eigenvalue weighted by Crippen LogP contribution is -2.39. The summed E-state index contributed by atoms with van der Waals surface area (Å²) < 4.78 is 38.4. The van der Waals surface area contributed by atoms with Crippen molar-refractivity contribution in [3.05, 3.63) is 29.6 Å². The minimum absolute atomic E-state index is 0.0427. The van der Waals surface area contributed by atoms with E-state index < -0.39 is 36.9 Å². The Kier molecular flexibility index (Phi) is 5.83. The highest BCUT2D eigenvalue weighted by molar-refractivity contribution is 5.77. The van der Waals surface area contributed by atoms with Crippen molar-refractivity contribution in [2.24, 2.45) is 0 Å². The van der Waals surface area contributed by atoms with Gasteiger partial charge in [-0.3, -0.25) is 9.78 Å². The van der Waals surface area contributed by atoms with E-state index in [1.54, 1.807) is 6.20 Å². The number of alkyl halides is 2. The van der Waals surface area contributed by atoms with Crippen molar-refractivity contribution in [1.82, 2.24) is 15.2 Å². The van der Waals surface area contributed by atoms with Gasteiger partial charge in [-0.15, -0.1) is 0 Å². The Hall–Kier alpha value is -1.68. The molecule has 1 aromatic heterocycles. The van der Waals surface area contributed by atoms with Gasteiger partial charge < -0.3 is 24.8 Å². The van der Waals surface area contributed by atoms with E-state index in [0.29, 0.717) is 19.5 Å². The molecule has 0 radical (unpaired) electrons. The van der Waals surface area contributed by atoms with Crippen LogP contribution in [0.15, 0.2) is 18.3 Å². The zero-order chi connectivity index (χ0) is 20.6. The van der Waals surface area contributed by atoms with Gasteiger partial charge in [-0.1, -0.05) is 6.07 Å². The van der Waals surface area contributed by atoms with Gasteiger partial charge in [0.2, 0.25) is 5.91 Å². The quantitative estimate of drug-likeness (QED) is 0.727. The number of fused-ring (bicyclic) bond motifs is 1. The van der Waals surface area contributed by atoms with E-state index in [1.165, 1.54) is 4.90 Å². The van der Waals surface area contributed by atoms with Crippen molar-refractivity contribution in [3.8, 4) is 0 Å². The van der Waals surface area contributed by atoms with E-state index in [4.69, 9.17) is 9.47 Å². The van der Waals surface area contributed by atoms with Crippen LogP contribution in [0, 0.1) is 6.92 Å². The van der Waals surface area contributed by atoms with Crippen molar-refractivity contribution in [1.29, 1.82) is 0 Å². The van der Waals surface area contributed by atoms with Crippen LogP contribution in [0.25, 0.3) is 0 Å². The van der Waals surface area contributed by atoms with Crippen LogP contribution < -0.4 is 5.32 Å². The van der Waals surface area contributed by atoms with Crippen molar-refractivity contribution in [2.75, 3.05) is 19.6 Å². The van der Waals surface area contributed by atoms with Gasteiger partial charge in [0.1, 0.15) is 12.2 Å². The van der Waals surface area contributed by atoms with Gasteiger partial charge in [-0.05, 0) is 18.6 Å². The first-order valence-electron chi connectivity index (χ1n) is 10.1. The maximum absolute atomic E-state index is 13.3. The molecular weight excluding hydrogens is 384 g/mol. The predicted octanol–water partition coefficient (Wildman–Crippen LogP) is 1.02. The van der Waals surface area contributed by atoms with Gasteiger partial charge in [0.15, 0.2) is 0 Å². The Morgan fingerprint density at radius 2 is 2.28 bits per heavy atom. The number of ether oxygens (including phenoxy) is 2. The number of halogens is 2. The van der Waals surface area contributed by atoms with E-state index in [-0.39, 0.29) is 31.4 Å². The zero-order valence-corrected chi connectivity index (χ0v) is 16.4. The summed E-state index contributed by atoms with van der Waals surface area (Å²) in [6, 6.07) is 3.88. The van der Waals surface area contributed by atoms with Crippen LogP contribution in [0.5, 0.6) is 0 Å². The summed E-state index contributed by atoms with van der Waals surface area (Å²) in [5, 5.41) is 13.8. The molecule has 0 aromatic carbocycles. The number of likely N-dealkylation sites (tertiary alicyclic amines) is 1. The molecule has 1 aromatic rings. The molecular formula is C20H27F2N3O4. The minimum Gasteiger partial charge on any atom is -0.388 e. The number of hydrogen-bond donors (Lipinski definition) is 2. The lowest BCUT2D eigenvalue weighted by Gasteiger charge is -2.22. The maximum atomic E-state index is 13.3. The fourth-order valence-corrected chi connectivity index (χ4v) is 4.32. The SMILES string of the molecule is Cc1cccnc1CNC[C@H]1O[C@@H]2C[C@@H](CC(=O)N3CCC(F)(F)C3)O[C@@H]2[C@@H]1O. The fraction of sp³-hybridized carbons (Fsp3) is 0.700. The number of rotatable bonds is 6. The third-order valence-electron chi connectivity index (χ3n) is 5.96. The molecule has 9 heteroatoms. The third-order valence-corrected chi connectivity index (χ3v) is 5.96. The molecule has 1 amide bonds. The van der Waals surface area contributed by atoms with E-state index in [9.17, 15) is 18.7 Å². The summed E-state index contributed by atoms with van der Waals surface area (Å²) in [5.41, 5.74) is 2.04. The normalized spacial score (nSPS) is 33.2. The van der Waals surface area contributed by atoms with Gasteiger partial charge in [0.05, 0.1) is 37.0 Å². The van der Waals surface area contributed by atoms with Gasteiger partial charge in [-0.25, -0.2) is 8.78 Å². The van der Waals surface area contributed by atoms with E-state index in [2.05, 4.69) is 10.3 Å². The monoisotopic (exact) mass is 411 g/mol. The van der Waals surface area contributed by atoms with Crippen molar-refractivity contribution < 1.29 is 28.2 Å². The van der Waals surface area contributed by atoms with Crippen molar-refractivity contribution in [3.63, 3.8) is 0 Å². The highest BCUT2D eigenvalue weighted by Gasteiger charge is 2.51. The lowest BCUT2D eigenvalue weighted by molar-refractivity contribution is -0.135. The van der Waals surface area contributed by atoms with Crippen LogP contribution in [0.1, 0.15) is 30.5 Å². The first-order valence-corrected chi connectivity index (χ1v) is 10.1. The summed E-state index contributed by atoms with van der Waals surface area (Å²) in [6.07, 6.45) is -0.405. The molecule has 4 rings (SSSR count). The van der Waals surface area contributed by atoms with Crippen LogP contribution >= 0.6 is 0 Å². The number of nitrogens with zero attached hydrogens (tertiary/aromatic N) is 2. The Morgan fingerprint density at radius 3 is 2.97 bits per heavy atom. The molecule has 0 unspecified atom stereocenters. The number of hydrogen-bond acceptors (Lipinski definition) is 6. The Labute approximate surface area is 168 Å². The summed E-state index contributed by atoms with van der Waals surface area (Å²) in [4.78, 5) is 17.8. The Balaban J connectivity index is 1.22. The molecule has 7 nitrogen and oxygen atoms in total. The predicted molar refractivity (Wildman–Crippen MR) is 99.4 cm³/mol. The van der Waals surface area contributed by atoms with Gasteiger partial charge >= 0.3 is 0 Å². The summed E-state index contributed by atoms with van der Waals surface area (Å²) in [5.74, 6) is -3.12. The zero-order valence-electron chi connectivity index (χ0n) is 16.4. The molecule has 29 heavy (non-hydrogen) atoms. The number of pyridine rings is 1. The molecule has 160 valence electrons. The van der Waals surface area contributed by atoms with Crippen LogP contribution in [0.2, 0.25) is 0 Å². The highest BCUT2D eigenvalue weighted by Crippen LogP contribution is 2.36. The van der Waals surface area contributed by atoms with E-state index in [0.717, 1.165) is 11.3 Å². The topological polar surface area (TPSA) is 83.9 Å². The first kappa shape index (κ1) is 20.6. The largest absolute Gasteiger partial charge is 0.388 e. The van der Waals surface area contributed by atoms with Crippen molar-refractivity contribution >= 4 is 5.91 Å². The van der Waals surface area contributed by atoms with E-state index in [1.807, 2.05) is 19.1 Å². The summed E-state index contributed by atoms with van der Waals surface area (Å²) >= 11 is 0. The number of aromatic nitrogens is 1. The average molecular weight is 411 g/mol. The maximum Gasteiger partial charge on any atom is 0.267 e. The van der Waals surface area contributed by atoms with E-state index >= 15 is 0 Å². The average Bonchev–Trinajstić information content (AvgIpc) is 3.31. The molecule has 0 bridgehead atoms. The molecule has 0 saturated carbocycles. The van der Waals surface area contributed by atoms with Gasteiger partial charge in [-0.2, -0.15) is 0 Å². The molecule has 0 aliphatic carbocycles.